The minimum absolute atomic E-state index is 0.351. The summed E-state index contributed by atoms with van der Waals surface area (Å²) in [6.07, 6.45) is 5.86. The Balaban J connectivity index is 2.38. The maximum atomic E-state index is 5.89. The first kappa shape index (κ1) is 13.9. The van der Waals surface area contributed by atoms with Crippen LogP contribution in [0.2, 0.25) is 0 Å². The number of unbranched alkanes of at least 4 members (excludes halogenated alkanes) is 2. The van der Waals surface area contributed by atoms with Gasteiger partial charge in [-0.25, -0.2) is 0 Å². The number of hydrogen-bond donors (Lipinski definition) is 1. The van der Waals surface area contributed by atoms with E-state index in [-0.39, 0.29) is 0 Å². The van der Waals surface area contributed by atoms with E-state index < -0.39 is 0 Å². The molecule has 1 saturated heterocycles. The fraction of sp³-hybridized carbons (Fsp3) is 1.00. The Kier molecular flexibility index (Phi) is 6.32. The molecule has 2 N–H and O–H groups in total. The molecule has 0 aromatic heterocycles. The van der Waals surface area contributed by atoms with E-state index in [9.17, 15) is 0 Å². The van der Waals surface area contributed by atoms with Crippen LogP contribution in [0.15, 0.2) is 0 Å². The van der Waals surface area contributed by atoms with Crippen LogP contribution in [0.25, 0.3) is 0 Å². The molecule has 0 radical (unpaired) electrons. The lowest BCUT2D eigenvalue weighted by Gasteiger charge is -2.40. The predicted molar refractivity (Wildman–Crippen MR) is 68.6 cm³/mol. The van der Waals surface area contributed by atoms with E-state index >= 15 is 0 Å². The third-order valence-corrected chi connectivity index (χ3v) is 3.38. The third kappa shape index (κ3) is 4.40. The molecule has 0 aromatic carbocycles. The number of rotatable bonds is 6. The van der Waals surface area contributed by atoms with E-state index in [0.717, 1.165) is 19.6 Å². The van der Waals surface area contributed by atoms with Crippen molar-refractivity contribution in [1.82, 2.24) is 4.90 Å². The minimum atomic E-state index is 0.351. The molecule has 3 heteroatoms. The van der Waals surface area contributed by atoms with Crippen molar-refractivity contribution >= 4 is 0 Å². The predicted octanol–water partition coefficient (Wildman–Crippen LogP) is 2.00. The maximum Gasteiger partial charge on any atom is 0.0678 e. The molecule has 0 amide bonds. The molecular formula is C13H28N2O. The first-order valence-electron chi connectivity index (χ1n) is 6.77. The summed E-state index contributed by atoms with van der Waals surface area (Å²) in [7, 11) is 0. The standard InChI is InChI=1S/C13H28N2O/c1-4-5-6-7-13(8-14)15-9-11(2)16-12(3)10-15/h11-13H,4-10,14H2,1-3H3. The van der Waals surface area contributed by atoms with Crippen molar-refractivity contribution in [3.05, 3.63) is 0 Å². The summed E-state index contributed by atoms with van der Waals surface area (Å²) in [6.45, 7) is 9.42. The van der Waals surface area contributed by atoms with Crippen LogP contribution in [0, 0.1) is 0 Å². The molecule has 16 heavy (non-hydrogen) atoms. The molecule has 1 aliphatic heterocycles. The Bertz CT molecular complexity index is 177. The molecule has 3 nitrogen and oxygen atoms in total. The van der Waals surface area contributed by atoms with E-state index in [4.69, 9.17) is 10.5 Å². The second kappa shape index (κ2) is 7.25. The van der Waals surface area contributed by atoms with Gasteiger partial charge >= 0.3 is 0 Å². The van der Waals surface area contributed by atoms with Gasteiger partial charge < -0.3 is 10.5 Å². The summed E-state index contributed by atoms with van der Waals surface area (Å²) in [5.74, 6) is 0. The molecule has 1 heterocycles. The van der Waals surface area contributed by atoms with E-state index in [0.29, 0.717) is 18.2 Å². The summed E-state index contributed by atoms with van der Waals surface area (Å²) in [5.41, 5.74) is 5.89. The van der Waals surface area contributed by atoms with Crippen LogP contribution >= 0.6 is 0 Å². The normalized spacial score (nSPS) is 29.2. The smallest absolute Gasteiger partial charge is 0.0678 e. The SMILES string of the molecule is CCCCCC(CN)N1CC(C)OC(C)C1. The van der Waals surface area contributed by atoms with E-state index in [2.05, 4.69) is 25.7 Å². The molecule has 3 atom stereocenters. The van der Waals surface area contributed by atoms with Gasteiger partial charge in [-0.05, 0) is 20.3 Å². The molecule has 0 saturated carbocycles. The van der Waals surface area contributed by atoms with Crippen LogP contribution in [0.1, 0.15) is 46.5 Å². The van der Waals surface area contributed by atoms with Gasteiger partial charge in [0.05, 0.1) is 12.2 Å². The topological polar surface area (TPSA) is 38.5 Å². The second-order valence-electron chi connectivity index (χ2n) is 5.10. The summed E-state index contributed by atoms with van der Waals surface area (Å²) in [6, 6.07) is 0.556. The summed E-state index contributed by atoms with van der Waals surface area (Å²) < 4.78 is 5.75. The molecule has 1 fully saturated rings. The van der Waals surface area contributed by atoms with Gasteiger partial charge in [0.25, 0.3) is 0 Å². The van der Waals surface area contributed by atoms with Crippen molar-refractivity contribution in [3.8, 4) is 0 Å². The number of hydrogen-bond acceptors (Lipinski definition) is 3. The fourth-order valence-corrected chi connectivity index (χ4v) is 2.60. The Morgan fingerprint density at radius 2 is 1.88 bits per heavy atom. The molecule has 3 unspecified atom stereocenters. The number of morpholine rings is 1. The first-order chi connectivity index (χ1) is 7.67. The van der Waals surface area contributed by atoms with Crippen molar-refractivity contribution in [1.29, 1.82) is 0 Å². The lowest BCUT2D eigenvalue weighted by atomic mass is 10.0. The summed E-state index contributed by atoms with van der Waals surface area (Å²) >= 11 is 0. The van der Waals surface area contributed by atoms with Gasteiger partial charge in [0, 0.05) is 25.7 Å². The molecule has 0 bridgehead atoms. The molecule has 0 aliphatic carbocycles. The highest BCUT2D eigenvalue weighted by Crippen LogP contribution is 2.16. The largest absolute Gasteiger partial charge is 0.373 e. The van der Waals surface area contributed by atoms with Gasteiger partial charge in [-0.3, -0.25) is 4.90 Å². The highest BCUT2D eigenvalue weighted by Gasteiger charge is 2.26. The number of nitrogens with two attached hydrogens (primary N) is 1. The molecule has 96 valence electrons. The Labute approximate surface area is 100 Å². The lowest BCUT2D eigenvalue weighted by Crippen LogP contribution is -2.52. The molecule has 0 spiro atoms. The average Bonchev–Trinajstić information content (AvgIpc) is 2.23. The van der Waals surface area contributed by atoms with E-state index in [1.165, 1.54) is 25.7 Å². The lowest BCUT2D eigenvalue weighted by molar-refractivity contribution is -0.0803. The van der Waals surface area contributed by atoms with Crippen LogP contribution in [0.5, 0.6) is 0 Å². The van der Waals surface area contributed by atoms with Crippen LogP contribution < -0.4 is 5.73 Å². The first-order valence-corrected chi connectivity index (χ1v) is 6.77. The van der Waals surface area contributed by atoms with Crippen molar-refractivity contribution < 1.29 is 4.74 Å². The zero-order valence-corrected chi connectivity index (χ0v) is 11.1. The molecule has 1 rings (SSSR count). The van der Waals surface area contributed by atoms with Crippen LogP contribution in [0.4, 0.5) is 0 Å². The van der Waals surface area contributed by atoms with E-state index in [1.54, 1.807) is 0 Å². The second-order valence-corrected chi connectivity index (χ2v) is 5.10. The van der Waals surface area contributed by atoms with Crippen LogP contribution in [-0.4, -0.2) is 42.8 Å². The zero-order valence-electron chi connectivity index (χ0n) is 11.1. The number of ether oxygens (including phenoxy) is 1. The molecule has 1 aliphatic rings. The molecular weight excluding hydrogens is 200 g/mol. The fourth-order valence-electron chi connectivity index (χ4n) is 2.60. The van der Waals surface area contributed by atoms with Gasteiger partial charge in [-0.15, -0.1) is 0 Å². The monoisotopic (exact) mass is 228 g/mol. The number of nitrogens with zero attached hydrogens (tertiary/aromatic N) is 1. The van der Waals surface area contributed by atoms with Gasteiger partial charge in [0.2, 0.25) is 0 Å². The highest BCUT2D eigenvalue weighted by molar-refractivity contribution is 4.80. The average molecular weight is 228 g/mol. The third-order valence-electron chi connectivity index (χ3n) is 3.38. The van der Waals surface area contributed by atoms with Crippen molar-refractivity contribution in [2.24, 2.45) is 5.73 Å². The Morgan fingerprint density at radius 1 is 1.25 bits per heavy atom. The maximum absolute atomic E-state index is 5.89. The van der Waals surface area contributed by atoms with Crippen molar-refractivity contribution in [2.45, 2.75) is 64.7 Å². The van der Waals surface area contributed by atoms with Crippen molar-refractivity contribution in [2.75, 3.05) is 19.6 Å². The van der Waals surface area contributed by atoms with Gasteiger partial charge in [-0.1, -0.05) is 26.2 Å². The van der Waals surface area contributed by atoms with Gasteiger partial charge in [0.1, 0.15) is 0 Å². The van der Waals surface area contributed by atoms with Crippen LogP contribution in [-0.2, 0) is 4.74 Å². The summed E-state index contributed by atoms with van der Waals surface area (Å²) in [4.78, 5) is 2.52. The minimum Gasteiger partial charge on any atom is -0.373 e. The summed E-state index contributed by atoms with van der Waals surface area (Å²) in [5, 5.41) is 0. The quantitative estimate of drug-likeness (QED) is 0.707. The van der Waals surface area contributed by atoms with E-state index in [1.807, 2.05) is 0 Å². The van der Waals surface area contributed by atoms with Crippen molar-refractivity contribution in [3.63, 3.8) is 0 Å². The Hall–Kier alpha value is -0.120. The molecule has 0 aromatic rings. The van der Waals surface area contributed by atoms with Gasteiger partial charge in [0.15, 0.2) is 0 Å². The zero-order chi connectivity index (χ0) is 12.0. The van der Waals surface area contributed by atoms with Crippen LogP contribution in [0.3, 0.4) is 0 Å². The highest BCUT2D eigenvalue weighted by atomic mass is 16.5. The Morgan fingerprint density at radius 3 is 2.38 bits per heavy atom. The van der Waals surface area contributed by atoms with Gasteiger partial charge in [-0.2, -0.15) is 0 Å².